The highest BCUT2D eigenvalue weighted by Crippen LogP contribution is 2.17. The Morgan fingerprint density at radius 1 is 1.21 bits per heavy atom. The minimum absolute atomic E-state index is 0. The van der Waals surface area contributed by atoms with Crippen molar-refractivity contribution in [1.82, 2.24) is 15.3 Å². The Morgan fingerprint density at radius 3 is 2.33 bits per heavy atom. The van der Waals surface area contributed by atoms with Crippen molar-refractivity contribution >= 4 is 29.3 Å². The topological polar surface area (TPSA) is 121 Å². The molecule has 1 heterocycles. The fraction of sp³-hybridized carbons (Fsp3) is 0.438. The first-order valence-corrected chi connectivity index (χ1v) is 7.53. The van der Waals surface area contributed by atoms with Crippen LogP contribution in [0.2, 0.25) is 0 Å². The molecular weight excluding hydrogens is 332 g/mol. The average Bonchev–Trinajstić information content (AvgIpc) is 2.47. The van der Waals surface area contributed by atoms with Gasteiger partial charge >= 0.3 is 11.1 Å². The van der Waals surface area contributed by atoms with E-state index in [1.54, 1.807) is 12.1 Å². The lowest BCUT2D eigenvalue weighted by Crippen LogP contribution is -2.52. The number of H-pyrrole nitrogens is 2. The Labute approximate surface area is 145 Å². The van der Waals surface area contributed by atoms with Gasteiger partial charge in [0.15, 0.2) is 0 Å². The van der Waals surface area contributed by atoms with Crippen LogP contribution in [0.1, 0.15) is 37.6 Å². The van der Waals surface area contributed by atoms with E-state index in [4.69, 9.17) is 5.73 Å². The predicted molar refractivity (Wildman–Crippen MR) is 96.8 cm³/mol. The van der Waals surface area contributed by atoms with E-state index in [-0.39, 0.29) is 18.3 Å². The fourth-order valence-electron chi connectivity index (χ4n) is 2.69. The van der Waals surface area contributed by atoms with Gasteiger partial charge in [-0.3, -0.25) is 14.4 Å². The van der Waals surface area contributed by atoms with Crippen molar-refractivity contribution in [2.24, 2.45) is 11.7 Å². The van der Waals surface area contributed by atoms with Crippen LogP contribution in [0, 0.1) is 5.92 Å². The molecule has 1 amide bonds. The number of aromatic nitrogens is 2. The molecular formula is C16H23ClN4O3. The van der Waals surface area contributed by atoms with Gasteiger partial charge in [0, 0.05) is 17.6 Å². The van der Waals surface area contributed by atoms with Gasteiger partial charge in [0.1, 0.15) is 0 Å². The monoisotopic (exact) mass is 354 g/mol. The third-order valence-corrected chi connectivity index (χ3v) is 3.71. The molecule has 0 saturated carbocycles. The Balaban J connectivity index is 0.00000288. The van der Waals surface area contributed by atoms with Crippen molar-refractivity contribution in [3.05, 3.63) is 44.5 Å². The molecule has 0 aliphatic rings. The number of amides is 1. The Kier molecular flexibility index (Phi) is 6.34. The van der Waals surface area contributed by atoms with E-state index >= 15 is 0 Å². The molecule has 7 nitrogen and oxygen atoms in total. The van der Waals surface area contributed by atoms with Crippen LogP contribution in [0.5, 0.6) is 0 Å². The van der Waals surface area contributed by atoms with E-state index in [9.17, 15) is 14.4 Å². The second-order valence-corrected chi connectivity index (χ2v) is 6.49. The van der Waals surface area contributed by atoms with Crippen molar-refractivity contribution in [1.29, 1.82) is 0 Å². The summed E-state index contributed by atoms with van der Waals surface area (Å²) in [6.45, 7) is 6.37. The maximum atomic E-state index is 12.5. The number of aromatic amines is 2. The van der Waals surface area contributed by atoms with Crippen LogP contribution >= 0.6 is 12.4 Å². The molecule has 0 bridgehead atoms. The summed E-state index contributed by atoms with van der Waals surface area (Å²) in [5.74, 6) is 0.120. The third kappa shape index (κ3) is 4.46. The number of halogens is 1. The van der Waals surface area contributed by atoms with Crippen LogP contribution in [0.4, 0.5) is 0 Å². The number of nitrogens with one attached hydrogen (secondary N) is 3. The number of fused-ring (bicyclic) bond motifs is 1. The van der Waals surface area contributed by atoms with Gasteiger partial charge in [-0.1, -0.05) is 13.8 Å². The van der Waals surface area contributed by atoms with E-state index in [0.29, 0.717) is 29.1 Å². The molecule has 2 rings (SSSR count). The molecule has 1 atom stereocenters. The lowest BCUT2D eigenvalue weighted by molar-refractivity contribution is 0.0898. The third-order valence-electron chi connectivity index (χ3n) is 3.71. The normalized spacial score (nSPS) is 13.4. The fourth-order valence-corrected chi connectivity index (χ4v) is 2.69. The highest BCUT2D eigenvalue weighted by molar-refractivity contribution is 5.97. The summed E-state index contributed by atoms with van der Waals surface area (Å²) in [6, 6.07) is 4.72. The van der Waals surface area contributed by atoms with Gasteiger partial charge in [-0.25, -0.2) is 0 Å². The molecule has 0 spiro atoms. The number of benzene rings is 1. The first-order valence-electron chi connectivity index (χ1n) is 7.53. The molecule has 1 aromatic carbocycles. The van der Waals surface area contributed by atoms with Crippen LogP contribution < -0.4 is 22.2 Å². The van der Waals surface area contributed by atoms with E-state index in [1.165, 1.54) is 6.07 Å². The number of hydrogen-bond acceptors (Lipinski definition) is 4. The van der Waals surface area contributed by atoms with Crippen LogP contribution in [0.3, 0.4) is 0 Å². The Morgan fingerprint density at radius 2 is 1.79 bits per heavy atom. The van der Waals surface area contributed by atoms with Gasteiger partial charge in [0.25, 0.3) is 5.91 Å². The number of rotatable bonds is 5. The quantitative estimate of drug-likeness (QED) is 0.601. The molecule has 0 radical (unpaired) electrons. The minimum Gasteiger partial charge on any atom is -0.346 e. The first kappa shape index (κ1) is 19.9. The van der Waals surface area contributed by atoms with E-state index in [2.05, 4.69) is 29.1 Å². The average molecular weight is 355 g/mol. The molecule has 2 aromatic rings. The SMILES string of the molecule is CC(C)CC(C)(CN)NC(=O)c1ccc2[nH]c(=O)c(=O)[nH]c2c1.Cl. The number of carbonyl (C=O) groups excluding carboxylic acids is 1. The molecule has 132 valence electrons. The van der Waals surface area contributed by atoms with Crippen LogP contribution in [-0.4, -0.2) is 28.0 Å². The second kappa shape index (κ2) is 7.63. The summed E-state index contributed by atoms with van der Waals surface area (Å²) < 4.78 is 0. The molecule has 8 heteroatoms. The summed E-state index contributed by atoms with van der Waals surface area (Å²) in [4.78, 5) is 40.1. The maximum Gasteiger partial charge on any atom is 0.314 e. The van der Waals surface area contributed by atoms with E-state index in [1.807, 2.05) is 6.92 Å². The molecule has 0 fully saturated rings. The zero-order valence-corrected chi connectivity index (χ0v) is 14.8. The highest BCUT2D eigenvalue weighted by atomic mass is 35.5. The predicted octanol–water partition coefficient (Wildman–Crippen LogP) is 1.13. The number of nitrogens with two attached hydrogens (primary N) is 1. The van der Waals surface area contributed by atoms with Crippen molar-refractivity contribution in [3.8, 4) is 0 Å². The van der Waals surface area contributed by atoms with Gasteiger partial charge in [0.2, 0.25) is 0 Å². The van der Waals surface area contributed by atoms with Gasteiger partial charge in [0.05, 0.1) is 11.0 Å². The Hall–Kier alpha value is -2.12. The summed E-state index contributed by atoms with van der Waals surface area (Å²) in [5.41, 5.74) is 5.10. The van der Waals surface area contributed by atoms with Gasteiger partial charge in [-0.05, 0) is 37.5 Å². The summed E-state index contributed by atoms with van der Waals surface area (Å²) >= 11 is 0. The van der Waals surface area contributed by atoms with Crippen molar-refractivity contribution in [2.75, 3.05) is 6.54 Å². The molecule has 0 aliphatic carbocycles. The standard InChI is InChI=1S/C16H22N4O3.ClH/c1-9(2)7-16(3,8-17)20-13(21)10-4-5-11-12(6-10)19-15(23)14(22)18-11;/h4-6,9H,7-8,17H2,1-3H3,(H,18,22)(H,19,23)(H,20,21);1H. The first-order chi connectivity index (χ1) is 10.7. The molecule has 24 heavy (non-hydrogen) atoms. The lowest BCUT2D eigenvalue weighted by atomic mass is 9.90. The number of hydrogen-bond donors (Lipinski definition) is 4. The summed E-state index contributed by atoms with van der Waals surface area (Å²) in [7, 11) is 0. The van der Waals surface area contributed by atoms with E-state index < -0.39 is 16.7 Å². The molecule has 0 saturated heterocycles. The Bertz CT molecular complexity index is 843. The van der Waals surface area contributed by atoms with Crippen LogP contribution in [0.25, 0.3) is 11.0 Å². The van der Waals surface area contributed by atoms with Gasteiger partial charge < -0.3 is 21.0 Å². The molecule has 1 unspecified atom stereocenters. The van der Waals surface area contributed by atoms with E-state index in [0.717, 1.165) is 6.42 Å². The van der Waals surface area contributed by atoms with Crippen LogP contribution in [0.15, 0.2) is 27.8 Å². The maximum absolute atomic E-state index is 12.5. The molecule has 0 aliphatic heterocycles. The van der Waals surface area contributed by atoms with Crippen molar-refractivity contribution < 1.29 is 4.79 Å². The smallest absolute Gasteiger partial charge is 0.314 e. The minimum atomic E-state index is -0.748. The van der Waals surface area contributed by atoms with Crippen LogP contribution in [-0.2, 0) is 0 Å². The van der Waals surface area contributed by atoms with Gasteiger partial charge in [-0.2, -0.15) is 0 Å². The summed E-state index contributed by atoms with van der Waals surface area (Å²) in [6.07, 6.45) is 0.757. The molecule has 1 aromatic heterocycles. The van der Waals surface area contributed by atoms with Gasteiger partial charge in [-0.15, -0.1) is 12.4 Å². The zero-order valence-electron chi connectivity index (χ0n) is 13.9. The largest absolute Gasteiger partial charge is 0.346 e. The summed E-state index contributed by atoms with van der Waals surface area (Å²) in [5, 5.41) is 2.95. The van der Waals surface area contributed by atoms with Crippen molar-refractivity contribution in [2.45, 2.75) is 32.7 Å². The molecule has 5 N–H and O–H groups in total. The second-order valence-electron chi connectivity index (χ2n) is 6.49. The highest BCUT2D eigenvalue weighted by Gasteiger charge is 2.26. The zero-order chi connectivity index (χ0) is 17.2. The van der Waals surface area contributed by atoms with Crippen molar-refractivity contribution in [3.63, 3.8) is 0 Å². The lowest BCUT2D eigenvalue weighted by Gasteiger charge is -2.31. The number of carbonyl (C=O) groups is 1.